The highest BCUT2D eigenvalue weighted by atomic mass is 16.5. The maximum Gasteiger partial charge on any atom is 0.225 e. The number of rotatable bonds is 5. The van der Waals surface area contributed by atoms with Gasteiger partial charge < -0.3 is 15.4 Å². The van der Waals surface area contributed by atoms with Crippen LogP contribution < -0.4 is 10.5 Å². The fourth-order valence-corrected chi connectivity index (χ4v) is 4.23. The van der Waals surface area contributed by atoms with Crippen LogP contribution in [0.15, 0.2) is 42.7 Å². The van der Waals surface area contributed by atoms with E-state index in [0.717, 1.165) is 58.4 Å². The minimum Gasteiger partial charge on any atom is -0.474 e. The first-order valence-electron chi connectivity index (χ1n) is 10.5. The molecule has 0 aliphatic carbocycles. The second-order valence-electron chi connectivity index (χ2n) is 7.95. The molecule has 4 rings (SSSR count). The fraction of sp³-hybridized carbons (Fsp3) is 0.500. The number of carbonyl (C=O) groups is 1. The molecule has 0 spiro atoms. The van der Waals surface area contributed by atoms with E-state index in [9.17, 15) is 4.79 Å². The lowest BCUT2D eigenvalue weighted by atomic mass is 9.94. The molecule has 2 aromatic heterocycles. The lowest BCUT2D eigenvalue weighted by Gasteiger charge is -2.37. The van der Waals surface area contributed by atoms with Crippen LogP contribution in [0.1, 0.15) is 31.2 Å². The number of anilines is 1. The van der Waals surface area contributed by atoms with Gasteiger partial charge in [0.25, 0.3) is 0 Å². The Morgan fingerprint density at radius 2 is 1.83 bits per heavy atom. The number of likely N-dealkylation sites (tertiary alicyclic amines) is 2. The van der Waals surface area contributed by atoms with E-state index in [1.54, 1.807) is 12.4 Å². The molecule has 0 atom stereocenters. The molecule has 2 aliphatic heterocycles. The fourth-order valence-electron chi connectivity index (χ4n) is 4.23. The van der Waals surface area contributed by atoms with E-state index in [1.807, 2.05) is 35.2 Å². The van der Waals surface area contributed by atoms with Crippen molar-refractivity contribution in [1.29, 1.82) is 0 Å². The number of amides is 1. The number of hydrogen-bond donors (Lipinski definition) is 1. The summed E-state index contributed by atoms with van der Waals surface area (Å²) >= 11 is 0. The smallest absolute Gasteiger partial charge is 0.225 e. The second-order valence-corrected chi connectivity index (χ2v) is 7.95. The lowest BCUT2D eigenvalue weighted by Crippen LogP contribution is -2.47. The molecule has 0 bridgehead atoms. The lowest BCUT2D eigenvalue weighted by molar-refractivity contribution is -0.139. The molecule has 7 heteroatoms. The molecule has 0 saturated carbocycles. The number of carbonyl (C=O) groups excluding carboxylic acids is 1. The maximum absolute atomic E-state index is 13.0. The summed E-state index contributed by atoms with van der Waals surface area (Å²) in [6.45, 7) is 4.29. The molecule has 2 aromatic rings. The third-order valence-corrected chi connectivity index (χ3v) is 5.87. The highest BCUT2D eigenvalue weighted by Gasteiger charge is 2.31. The number of aromatic nitrogens is 2. The van der Waals surface area contributed by atoms with Gasteiger partial charge >= 0.3 is 0 Å². The minimum absolute atomic E-state index is 0.141. The molecule has 2 aliphatic rings. The van der Waals surface area contributed by atoms with Crippen LogP contribution in [0.2, 0.25) is 0 Å². The van der Waals surface area contributed by atoms with Crippen LogP contribution in [0.4, 0.5) is 5.82 Å². The zero-order valence-corrected chi connectivity index (χ0v) is 16.7. The van der Waals surface area contributed by atoms with Crippen molar-refractivity contribution in [2.24, 2.45) is 5.92 Å². The van der Waals surface area contributed by atoms with Gasteiger partial charge in [-0.3, -0.25) is 9.69 Å². The molecule has 29 heavy (non-hydrogen) atoms. The highest BCUT2D eigenvalue weighted by Crippen LogP contribution is 2.24. The number of ether oxygens (including phenoxy) is 1. The van der Waals surface area contributed by atoms with E-state index < -0.39 is 0 Å². The minimum atomic E-state index is 0.141. The van der Waals surface area contributed by atoms with Gasteiger partial charge in [0.2, 0.25) is 11.8 Å². The number of piperidine rings is 2. The molecule has 0 aromatic carbocycles. The summed E-state index contributed by atoms with van der Waals surface area (Å²) in [7, 11) is 0. The van der Waals surface area contributed by atoms with Crippen molar-refractivity contribution in [3.05, 3.63) is 48.3 Å². The van der Waals surface area contributed by atoms with Crippen molar-refractivity contribution in [3.8, 4) is 5.88 Å². The van der Waals surface area contributed by atoms with Gasteiger partial charge in [0.1, 0.15) is 11.9 Å². The number of nitrogen functional groups attached to an aromatic ring is 1. The molecular weight excluding hydrogens is 366 g/mol. The third-order valence-electron chi connectivity index (χ3n) is 5.87. The van der Waals surface area contributed by atoms with Crippen LogP contribution in [0, 0.1) is 5.92 Å². The summed E-state index contributed by atoms with van der Waals surface area (Å²) in [5.74, 6) is 1.68. The summed E-state index contributed by atoms with van der Waals surface area (Å²) in [5, 5.41) is 0. The van der Waals surface area contributed by atoms with Crippen molar-refractivity contribution in [3.63, 3.8) is 0 Å². The van der Waals surface area contributed by atoms with Crippen molar-refractivity contribution in [1.82, 2.24) is 19.8 Å². The standard InChI is InChI=1S/C22H29N5O2/c23-20-15-17(4-10-24-20)16-26-11-5-18(6-12-26)22(28)27-13-7-19(8-14-27)29-21-3-1-2-9-25-21/h1-4,9-10,15,18-19H,5-8,11-14,16H2,(H2,23,24). The Kier molecular flexibility index (Phi) is 6.24. The predicted octanol–water partition coefficient (Wildman–Crippen LogP) is 2.34. The van der Waals surface area contributed by atoms with E-state index in [4.69, 9.17) is 10.5 Å². The summed E-state index contributed by atoms with van der Waals surface area (Å²) < 4.78 is 5.94. The number of nitrogens with zero attached hydrogens (tertiary/aromatic N) is 4. The Morgan fingerprint density at radius 1 is 1.03 bits per heavy atom. The van der Waals surface area contributed by atoms with Crippen molar-refractivity contribution in [2.75, 3.05) is 31.9 Å². The van der Waals surface area contributed by atoms with E-state index in [-0.39, 0.29) is 12.0 Å². The first kappa shape index (κ1) is 19.6. The molecule has 2 N–H and O–H groups in total. The average Bonchev–Trinajstić information content (AvgIpc) is 2.75. The number of hydrogen-bond acceptors (Lipinski definition) is 6. The molecule has 1 amide bonds. The van der Waals surface area contributed by atoms with Crippen LogP contribution in [0.25, 0.3) is 0 Å². The Hall–Kier alpha value is -2.67. The van der Waals surface area contributed by atoms with E-state index in [2.05, 4.69) is 14.9 Å². The van der Waals surface area contributed by atoms with Crippen LogP contribution in [-0.2, 0) is 11.3 Å². The first-order chi connectivity index (χ1) is 14.2. The van der Waals surface area contributed by atoms with Crippen LogP contribution in [0.3, 0.4) is 0 Å². The molecular formula is C22H29N5O2. The molecule has 2 saturated heterocycles. The normalized spacial score (nSPS) is 19.2. The van der Waals surface area contributed by atoms with E-state index in [1.165, 1.54) is 5.56 Å². The molecule has 7 nitrogen and oxygen atoms in total. The van der Waals surface area contributed by atoms with Gasteiger partial charge in [-0.2, -0.15) is 0 Å². The predicted molar refractivity (Wildman–Crippen MR) is 111 cm³/mol. The van der Waals surface area contributed by atoms with Gasteiger partial charge in [-0.1, -0.05) is 6.07 Å². The quantitative estimate of drug-likeness (QED) is 0.837. The molecule has 154 valence electrons. The van der Waals surface area contributed by atoms with E-state index in [0.29, 0.717) is 17.6 Å². The highest BCUT2D eigenvalue weighted by molar-refractivity contribution is 5.79. The van der Waals surface area contributed by atoms with Gasteiger partial charge in [-0.25, -0.2) is 9.97 Å². The van der Waals surface area contributed by atoms with Crippen LogP contribution in [0.5, 0.6) is 5.88 Å². The van der Waals surface area contributed by atoms with Crippen molar-refractivity contribution < 1.29 is 9.53 Å². The Labute approximate surface area is 171 Å². The summed E-state index contributed by atoms with van der Waals surface area (Å²) in [4.78, 5) is 25.7. The summed E-state index contributed by atoms with van der Waals surface area (Å²) in [6.07, 6.45) is 7.21. The maximum atomic E-state index is 13.0. The zero-order valence-electron chi connectivity index (χ0n) is 16.7. The van der Waals surface area contributed by atoms with Crippen molar-refractivity contribution >= 4 is 11.7 Å². The topological polar surface area (TPSA) is 84.6 Å². The van der Waals surface area contributed by atoms with Gasteiger partial charge in [0.05, 0.1) is 0 Å². The zero-order chi connectivity index (χ0) is 20.1. The Morgan fingerprint density at radius 3 is 2.52 bits per heavy atom. The summed E-state index contributed by atoms with van der Waals surface area (Å²) in [6, 6.07) is 9.62. The van der Waals surface area contributed by atoms with E-state index >= 15 is 0 Å². The summed E-state index contributed by atoms with van der Waals surface area (Å²) in [5.41, 5.74) is 6.95. The Bertz CT molecular complexity index is 800. The Balaban J connectivity index is 1.21. The van der Waals surface area contributed by atoms with Gasteiger partial charge in [-0.05, 0) is 49.7 Å². The molecule has 4 heterocycles. The molecule has 2 fully saturated rings. The molecule has 0 unspecified atom stereocenters. The average molecular weight is 396 g/mol. The number of pyridine rings is 2. The van der Waals surface area contributed by atoms with Crippen LogP contribution in [-0.4, -0.2) is 58.0 Å². The first-order valence-corrected chi connectivity index (χ1v) is 10.5. The second kappa shape index (κ2) is 9.22. The molecule has 0 radical (unpaired) electrons. The van der Waals surface area contributed by atoms with Gasteiger partial charge in [-0.15, -0.1) is 0 Å². The van der Waals surface area contributed by atoms with Crippen molar-refractivity contribution in [2.45, 2.75) is 38.3 Å². The van der Waals surface area contributed by atoms with Gasteiger partial charge in [0, 0.05) is 56.9 Å². The van der Waals surface area contributed by atoms with Gasteiger partial charge in [0.15, 0.2) is 0 Å². The monoisotopic (exact) mass is 395 g/mol. The third kappa shape index (κ3) is 5.23. The van der Waals surface area contributed by atoms with Crippen LogP contribution >= 0.6 is 0 Å². The largest absolute Gasteiger partial charge is 0.474 e. The SMILES string of the molecule is Nc1cc(CN2CCC(C(=O)N3CCC(Oc4ccccn4)CC3)CC2)ccn1. The number of nitrogens with two attached hydrogens (primary N) is 1.